The smallest absolute Gasteiger partial charge is 0.241 e. The van der Waals surface area contributed by atoms with Crippen LogP contribution >= 0.6 is 12.4 Å². The maximum atomic E-state index is 12.0. The highest BCUT2D eigenvalue weighted by Gasteiger charge is 2.19. The fourth-order valence-electron chi connectivity index (χ4n) is 1.98. The molecule has 118 valence electrons. The largest absolute Gasteiger partial charge is 0.339 e. The van der Waals surface area contributed by atoms with Gasteiger partial charge in [-0.3, -0.25) is 4.79 Å². The normalized spacial score (nSPS) is 15.4. The summed E-state index contributed by atoms with van der Waals surface area (Å²) < 4.78 is 26.4. The van der Waals surface area contributed by atoms with Crippen LogP contribution in [0.25, 0.3) is 0 Å². The molecule has 0 aromatic heterocycles. The Hall–Kier alpha value is -1.15. The van der Waals surface area contributed by atoms with Crippen LogP contribution in [-0.4, -0.2) is 51.9 Å². The molecule has 1 aromatic carbocycles. The van der Waals surface area contributed by atoms with Crippen molar-refractivity contribution in [2.75, 3.05) is 32.7 Å². The van der Waals surface area contributed by atoms with Crippen LogP contribution < -0.4 is 10.0 Å². The molecule has 6 nitrogen and oxygen atoms in total. The predicted molar refractivity (Wildman–Crippen MR) is 83.1 cm³/mol. The summed E-state index contributed by atoms with van der Waals surface area (Å²) in [5, 5.41) is 3.14. The predicted octanol–water partition coefficient (Wildman–Crippen LogP) is 0.127. The SMILES string of the molecule is Cc1ccc(S(=O)(=O)NCC(=O)N2CCNCC2)cc1.Cl. The molecule has 1 fully saturated rings. The molecule has 21 heavy (non-hydrogen) atoms. The number of nitrogens with one attached hydrogen (secondary N) is 2. The van der Waals surface area contributed by atoms with E-state index in [-0.39, 0.29) is 29.8 Å². The highest BCUT2D eigenvalue weighted by Crippen LogP contribution is 2.09. The van der Waals surface area contributed by atoms with Crippen molar-refractivity contribution in [3.63, 3.8) is 0 Å². The fourth-order valence-corrected chi connectivity index (χ4v) is 2.96. The highest BCUT2D eigenvalue weighted by atomic mass is 35.5. The highest BCUT2D eigenvalue weighted by molar-refractivity contribution is 7.89. The van der Waals surface area contributed by atoms with E-state index in [0.29, 0.717) is 13.1 Å². The van der Waals surface area contributed by atoms with Gasteiger partial charge in [-0.25, -0.2) is 13.1 Å². The molecule has 8 heteroatoms. The second kappa shape index (κ2) is 7.74. The first kappa shape index (κ1) is 17.9. The van der Waals surface area contributed by atoms with Gasteiger partial charge >= 0.3 is 0 Å². The molecule has 2 rings (SSSR count). The molecule has 0 bridgehead atoms. The number of halogens is 1. The van der Waals surface area contributed by atoms with Crippen LogP contribution in [0, 0.1) is 6.92 Å². The zero-order valence-electron chi connectivity index (χ0n) is 11.8. The van der Waals surface area contributed by atoms with Gasteiger partial charge in [-0.05, 0) is 19.1 Å². The zero-order valence-corrected chi connectivity index (χ0v) is 13.5. The zero-order chi connectivity index (χ0) is 14.6. The summed E-state index contributed by atoms with van der Waals surface area (Å²) in [6.07, 6.45) is 0. The summed E-state index contributed by atoms with van der Waals surface area (Å²) >= 11 is 0. The maximum Gasteiger partial charge on any atom is 0.241 e. The molecule has 0 radical (unpaired) electrons. The van der Waals surface area contributed by atoms with Gasteiger partial charge in [-0.1, -0.05) is 17.7 Å². The average Bonchev–Trinajstić information content (AvgIpc) is 2.46. The quantitative estimate of drug-likeness (QED) is 0.821. The van der Waals surface area contributed by atoms with Crippen LogP contribution in [0.1, 0.15) is 5.56 Å². The standard InChI is InChI=1S/C13H19N3O3S.ClH/c1-11-2-4-12(5-3-11)20(18,19)15-10-13(17)16-8-6-14-7-9-16;/h2-5,14-15H,6-10H2,1H3;1H. The fraction of sp³-hybridized carbons (Fsp3) is 0.462. The third-order valence-corrected chi connectivity index (χ3v) is 4.63. The van der Waals surface area contributed by atoms with Gasteiger partial charge in [0.1, 0.15) is 0 Å². The number of benzene rings is 1. The molecule has 1 saturated heterocycles. The number of sulfonamides is 1. The summed E-state index contributed by atoms with van der Waals surface area (Å²) in [4.78, 5) is 13.7. The summed E-state index contributed by atoms with van der Waals surface area (Å²) in [6, 6.07) is 6.53. The molecule has 0 saturated carbocycles. The minimum absolute atomic E-state index is 0. The van der Waals surface area contributed by atoms with Gasteiger partial charge in [0, 0.05) is 26.2 Å². The molecule has 0 atom stereocenters. The van der Waals surface area contributed by atoms with E-state index in [4.69, 9.17) is 0 Å². The molecule has 0 aliphatic carbocycles. The lowest BCUT2D eigenvalue weighted by atomic mass is 10.2. The first-order chi connectivity index (χ1) is 9.49. The Balaban J connectivity index is 0.00000220. The van der Waals surface area contributed by atoms with Crippen molar-refractivity contribution in [3.05, 3.63) is 29.8 Å². The van der Waals surface area contributed by atoms with Crippen molar-refractivity contribution in [2.24, 2.45) is 0 Å². The summed E-state index contributed by atoms with van der Waals surface area (Å²) in [7, 11) is -3.62. The molecule has 1 amide bonds. The first-order valence-corrected chi connectivity index (χ1v) is 8.02. The Kier molecular flexibility index (Phi) is 6.60. The van der Waals surface area contributed by atoms with Gasteiger partial charge in [0.05, 0.1) is 11.4 Å². The summed E-state index contributed by atoms with van der Waals surface area (Å²) in [5.74, 6) is -0.192. The lowest BCUT2D eigenvalue weighted by Gasteiger charge is -2.27. The van der Waals surface area contributed by atoms with Crippen LogP contribution in [0.3, 0.4) is 0 Å². The van der Waals surface area contributed by atoms with Crippen LogP contribution in [0.2, 0.25) is 0 Å². The topological polar surface area (TPSA) is 78.5 Å². The van der Waals surface area contributed by atoms with E-state index >= 15 is 0 Å². The van der Waals surface area contributed by atoms with Crippen molar-refractivity contribution >= 4 is 28.3 Å². The molecule has 0 spiro atoms. The Morgan fingerprint density at radius 2 is 1.81 bits per heavy atom. The van der Waals surface area contributed by atoms with E-state index in [0.717, 1.165) is 18.7 Å². The van der Waals surface area contributed by atoms with Gasteiger partial charge < -0.3 is 10.2 Å². The van der Waals surface area contributed by atoms with Crippen molar-refractivity contribution in [1.29, 1.82) is 0 Å². The molecule has 2 N–H and O–H groups in total. The average molecular weight is 334 g/mol. The Morgan fingerprint density at radius 3 is 2.38 bits per heavy atom. The lowest BCUT2D eigenvalue weighted by Crippen LogP contribution is -2.49. The van der Waals surface area contributed by atoms with Gasteiger partial charge in [-0.2, -0.15) is 0 Å². The number of nitrogens with zero attached hydrogens (tertiary/aromatic N) is 1. The van der Waals surface area contributed by atoms with E-state index in [2.05, 4.69) is 10.0 Å². The number of hydrogen-bond donors (Lipinski definition) is 2. The molecular formula is C13H20ClN3O3S. The van der Waals surface area contributed by atoms with Crippen molar-refractivity contribution in [2.45, 2.75) is 11.8 Å². The van der Waals surface area contributed by atoms with Gasteiger partial charge in [0.25, 0.3) is 0 Å². The second-order valence-electron chi connectivity index (χ2n) is 4.77. The number of hydrogen-bond acceptors (Lipinski definition) is 4. The molecule has 1 aliphatic rings. The van der Waals surface area contributed by atoms with Gasteiger partial charge in [0.2, 0.25) is 15.9 Å². The number of aryl methyl sites for hydroxylation is 1. The Bertz CT molecular complexity index is 569. The third kappa shape index (κ3) is 4.96. The summed E-state index contributed by atoms with van der Waals surface area (Å²) in [5.41, 5.74) is 0.987. The third-order valence-electron chi connectivity index (χ3n) is 3.21. The van der Waals surface area contributed by atoms with Crippen LogP contribution in [0.15, 0.2) is 29.2 Å². The number of amides is 1. The maximum absolute atomic E-state index is 12.0. The van der Waals surface area contributed by atoms with Crippen LogP contribution in [0.5, 0.6) is 0 Å². The van der Waals surface area contributed by atoms with Crippen molar-refractivity contribution < 1.29 is 13.2 Å². The minimum atomic E-state index is -3.62. The lowest BCUT2D eigenvalue weighted by molar-refractivity contribution is -0.130. The van der Waals surface area contributed by atoms with Gasteiger partial charge in [0.15, 0.2) is 0 Å². The number of piperazine rings is 1. The van der Waals surface area contributed by atoms with Crippen LogP contribution in [0.4, 0.5) is 0 Å². The van der Waals surface area contributed by atoms with Crippen molar-refractivity contribution in [3.8, 4) is 0 Å². The minimum Gasteiger partial charge on any atom is -0.339 e. The van der Waals surface area contributed by atoms with Crippen molar-refractivity contribution in [1.82, 2.24) is 14.9 Å². The van der Waals surface area contributed by atoms with Gasteiger partial charge in [-0.15, -0.1) is 12.4 Å². The molecule has 0 unspecified atom stereocenters. The molecule has 1 aromatic rings. The molecule has 1 aliphatic heterocycles. The number of carbonyl (C=O) groups excluding carboxylic acids is 1. The Morgan fingerprint density at radius 1 is 1.24 bits per heavy atom. The van der Waals surface area contributed by atoms with E-state index in [1.807, 2.05) is 6.92 Å². The summed E-state index contributed by atoms with van der Waals surface area (Å²) in [6.45, 7) is 4.41. The first-order valence-electron chi connectivity index (χ1n) is 6.54. The molecular weight excluding hydrogens is 314 g/mol. The second-order valence-corrected chi connectivity index (χ2v) is 6.54. The molecule has 1 heterocycles. The van der Waals surface area contributed by atoms with E-state index in [1.54, 1.807) is 17.0 Å². The van der Waals surface area contributed by atoms with E-state index < -0.39 is 10.0 Å². The van der Waals surface area contributed by atoms with Crippen LogP contribution in [-0.2, 0) is 14.8 Å². The number of carbonyl (C=O) groups is 1. The Labute approximate surface area is 131 Å². The monoisotopic (exact) mass is 333 g/mol. The van der Waals surface area contributed by atoms with E-state index in [9.17, 15) is 13.2 Å². The van der Waals surface area contributed by atoms with E-state index in [1.165, 1.54) is 12.1 Å². The number of rotatable bonds is 4.